The molecule has 0 unspecified atom stereocenters. The Balaban J connectivity index is 0.00000441. The minimum Gasteiger partial charge on any atom is -0.489 e. The third-order valence-electron chi connectivity index (χ3n) is 6.17. The first kappa shape index (κ1) is 27.6. The number of amides is 1. The van der Waals surface area contributed by atoms with Crippen LogP contribution in [0.1, 0.15) is 49.1 Å². The van der Waals surface area contributed by atoms with E-state index in [4.69, 9.17) is 9.15 Å². The molecule has 1 atom stereocenters. The Hall–Kier alpha value is -4.46. The molecule has 4 rings (SSSR count). The average molecular weight is 530 g/mol. The lowest BCUT2D eigenvalue weighted by molar-refractivity contribution is -0.122. The Morgan fingerprint density at radius 3 is 2.33 bits per heavy atom. The van der Waals surface area contributed by atoms with Crippen LogP contribution in [-0.2, 0) is 30.8 Å². The van der Waals surface area contributed by atoms with Crippen molar-refractivity contribution in [1.29, 1.82) is 0 Å². The number of hydrogen-bond donors (Lipinski definition) is 1. The van der Waals surface area contributed by atoms with Crippen LogP contribution in [-0.4, -0.2) is 27.5 Å². The first-order valence-electron chi connectivity index (χ1n) is 13.1. The second kappa shape index (κ2) is 13.4. The molecule has 39 heavy (non-hydrogen) atoms. The summed E-state index contributed by atoms with van der Waals surface area (Å²) in [4.78, 5) is 38.6. The highest BCUT2D eigenvalue weighted by Crippen LogP contribution is 2.16. The quantitative estimate of drug-likeness (QED) is 0.265. The van der Waals surface area contributed by atoms with E-state index in [2.05, 4.69) is 10.4 Å². The Morgan fingerprint density at radius 2 is 1.64 bits per heavy atom. The third kappa shape index (κ3) is 8.26. The van der Waals surface area contributed by atoms with E-state index in [1.807, 2.05) is 74.5 Å². The maximum Gasteiger partial charge on any atom is 0.437 e. The molecule has 0 aliphatic rings. The Labute approximate surface area is 229 Å². The number of benzene rings is 3. The summed E-state index contributed by atoms with van der Waals surface area (Å²) in [6.07, 6.45) is 1.52. The largest absolute Gasteiger partial charge is 0.489 e. The molecule has 1 N–H and O–H groups in total. The molecular formula is C31H35N3O5. The van der Waals surface area contributed by atoms with Crippen LogP contribution in [0.2, 0.25) is 0 Å². The van der Waals surface area contributed by atoms with Crippen molar-refractivity contribution in [2.75, 3.05) is 0 Å². The van der Waals surface area contributed by atoms with Gasteiger partial charge in [0.2, 0.25) is 5.89 Å². The summed E-state index contributed by atoms with van der Waals surface area (Å²) in [5.74, 6) is -0.447. The molecule has 0 aliphatic heterocycles. The lowest BCUT2D eigenvalue weighted by atomic mass is 9.99. The first-order chi connectivity index (χ1) is 18.9. The van der Waals surface area contributed by atoms with Gasteiger partial charge in [-0.05, 0) is 48.1 Å². The van der Waals surface area contributed by atoms with Gasteiger partial charge in [-0.25, -0.2) is 4.79 Å². The molecule has 0 saturated heterocycles. The summed E-state index contributed by atoms with van der Waals surface area (Å²) in [5.41, 5.74) is 2.49. The van der Waals surface area contributed by atoms with Gasteiger partial charge in [0, 0.05) is 13.4 Å². The van der Waals surface area contributed by atoms with Crippen molar-refractivity contribution in [1.82, 2.24) is 15.1 Å². The number of ether oxygens (including phenoxy) is 1. The molecular weight excluding hydrogens is 494 g/mol. The van der Waals surface area contributed by atoms with Crippen LogP contribution in [0.4, 0.5) is 0 Å². The molecule has 0 radical (unpaired) electrons. The number of ketones is 1. The highest BCUT2D eigenvalue weighted by atomic mass is 16.5. The standard InChI is InChI=1S/C31H33N3O5.H2/c1-22(2)18-27(28(35)20-34-31(37)39-29(33-34)17-16-23-10-5-3-6-11-23)32-30(36)25-14-9-15-26(19-25)38-21-24-12-7-4-8-13-24;/h3-15,19,22,27H,16-18,20-21H2,1-2H3,(H,32,36);1H/t27-;/m0./s1. The fraction of sp³-hybridized carbons (Fsp3) is 0.290. The van der Waals surface area contributed by atoms with Crippen LogP contribution in [0, 0.1) is 5.92 Å². The molecule has 1 heterocycles. The second-order valence-electron chi connectivity index (χ2n) is 9.83. The zero-order valence-electron chi connectivity index (χ0n) is 22.2. The molecule has 4 aromatic rings. The molecule has 1 aromatic heterocycles. The number of rotatable bonds is 13. The lowest BCUT2D eigenvalue weighted by Crippen LogP contribution is -2.44. The van der Waals surface area contributed by atoms with Crippen molar-refractivity contribution < 1.29 is 20.2 Å². The monoisotopic (exact) mass is 529 g/mol. The molecule has 0 aliphatic carbocycles. The van der Waals surface area contributed by atoms with E-state index in [1.165, 1.54) is 0 Å². The van der Waals surface area contributed by atoms with Gasteiger partial charge in [0.1, 0.15) is 18.9 Å². The van der Waals surface area contributed by atoms with Crippen LogP contribution in [0.25, 0.3) is 0 Å². The number of aromatic nitrogens is 2. The molecule has 0 saturated carbocycles. The molecule has 0 spiro atoms. The van der Waals surface area contributed by atoms with Crippen LogP contribution in [0.5, 0.6) is 5.75 Å². The van der Waals surface area contributed by atoms with E-state index >= 15 is 0 Å². The predicted octanol–water partition coefficient (Wildman–Crippen LogP) is 4.86. The van der Waals surface area contributed by atoms with Gasteiger partial charge < -0.3 is 14.5 Å². The topological polar surface area (TPSA) is 103 Å². The van der Waals surface area contributed by atoms with Crippen LogP contribution in [0.15, 0.2) is 94.1 Å². The molecule has 8 heteroatoms. The number of nitrogens with one attached hydrogen (secondary N) is 1. The molecule has 0 fully saturated rings. The van der Waals surface area contributed by atoms with E-state index in [9.17, 15) is 14.4 Å². The molecule has 0 bridgehead atoms. The van der Waals surface area contributed by atoms with Gasteiger partial charge in [0.25, 0.3) is 5.91 Å². The Kier molecular flexibility index (Phi) is 9.45. The van der Waals surface area contributed by atoms with E-state index in [-0.39, 0.29) is 25.6 Å². The Morgan fingerprint density at radius 1 is 0.949 bits per heavy atom. The molecule has 8 nitrogen and oxygen atoms in total. The van der Waals surface area contributed by atoms with Gasteiger partial charge in [-0.3, -0.25) is 9.59 Å². The third-order valence-corrected chi connectivity index (χ3v) is 6.17. The van der Waals surface area contributed by atoms with Crippen LogP contribution >= 0.6 is 0 Å². The van der Waals surface area contributed by atoms with Gasteiger partial charge in [-0.1, -0.05) is 80.6 Å². The van der Waals surface area contributed by atoms with Gasteiger partial charge in [-0.2, -0.15) is 4.68 Å². The highest BCUT2D eigenvalue weighted by molar-refractivity contribution is 5.98. The van der Waals surface area contributed by atoms with Crippen LogP contribution in [0.3, 0.4) is 0 Å². The van der Waals surface area contributed by atoms with Crippen molar-refractivity contribution in [2.45, 2.75) is 52.3 Å². The number of Topliss-reactive ketones (excluding diaryl/α,β-unsaturated/α-hetero) is 1. The van der Waals surface area contributed by atoms with Crippen molar-refractivity contribution in [3.05, 3.63) is 118 Å². The predicted molar refractivity (Wildman–Crippen MR) is 150 cm³/mol. The van der Waals surface area contributed by atoms with E-state index in [0.717, 1.165) is 15.8 Å². The summed E-state index contributed by atoms with van der Waals surface area (Å²) in [5, 5.41) is 7.05. The number of carbonyl (C=O) groups is 2. The number of aryl methyl sites for hydroxylation is 2. The second-order valence-corrected chi connectivity index (χ2v) is 9.83. The average Bonchev–Trinajstić information content (AvgIpc) is 3.30. The van der Waals surface area contributed by atoms with Crippen molar-refractivity contribution in [3.8, 4) is 5.75 Å². The van der Waals surface area contributed by atoms with Gasteiger partial charge in [-0.15, -0.1) is 5.10 Å². The molecule has 3 aromatic carbocycles. The molecule has 204 valence electrons. The smallest absolute Gasteiger partial charge is 0.437 e. The molecule has 1 amide bonds. The van der Waals surface area contributed by atoms with E-state index < -0.39 is 17.7 Å². The summed E-state index contributed by atoms with van der Waals surface area (Å²) in [7, 11) is 0. The fourth-order valence-corrected chi connectivity index (χ4v) is 4.16. The highest BCUT2D eigenvalue weighted by Gasteiger charge is 2.24. The SMILES string of the molecule is CC(C)C[C@H](NC(=O)c1cccc(OCc2ccccc2)c1)C(=O)Cn1nc(CCc2ccccc2)oc1=O.[HH]. The van der Waals surface area contributed by atoms with Crippen LogP contribution < -0.4 is 15.8 Å². The summed E-state index contributed by atoms with van der Waals surface area (Å²) < 4.78 is 12.1. The van der Waals surface area contributed by atoms with E-state index in [0.29, 0.717) is 37.2 Å². The van der Waals surface area contributed by atoms with Gasteiger partial charge >= 0.3 is 5.76 Å². The number of carbonyl (C=O) groups excluding carboxylic acids is 2. The summed E-state index contributed by atoms with van der Waals surface area (Å²) in [6, 6.07) is 25.6. The maximum absolute atomic E-state index is 13.2. The lowest BCUT2D eigenvalue weighted by Gasteiger charge is -2.19. The number of nitrogens with zero attached hydrogens (tertiary/aromatic N) is 2. The van der Waals surface area contributed by atoms with Gasteiger partial charge in [0.15, 0.2) is 5.78 Å². The minimum atomic E-state index is -0.789. The van der Waals surface area contributed by atoms with Crippen molar-refractivity contribution in [3.63, 3.8) is 0 Å². The maximum atomic E-state index is 13.2. The Bertz CT molecular complexity index is 1430. The summed E-state index contributed by atoms with van der Waals surface area (Å²) in [6.45, 7) is 4.02. The van der Waals surface area contributed by atoms with Crippen molar-refractivity contribution >= 4 is 11.7 Å². The zero-order valence-corrected chi connectivity index (χ0v) is 22.2. The summed E-state index contributed by atoms with van der Waals surface area (Å²) >= 11 is 0. The minimum absolute atomic E-state index is 0. The zero-order chi connectivity index (χ0) is 27.6. The van der Waals surface area contributed by atoms with Crippen molar-refractivity contribution in [2.24, 2.45) is 5.92 Å². The number of hydrogen-bond acceptors (Lipinski definition) is 6. The first-order valence-corrected chi connectivity index (χ1v) is 13.1. The van der Waals surface area contributed by atoms with Gasteiger partial charge in [0.05, 0.1) is 6.04 Å². The normalized spacial score (nSPS) is 11.8. The fourth-order valence-electron chi connectivity index (χ4n) is 4.16. The van der Waals surface area contributed by atoms with E-state index in [1.54, 1.807) is 24.3 Å².